The predicted octanol–water partition coefficient (Wildman–Crippen LogP) is 2.06. The Balaban J connectivity index is 2.82. The number of methoxy groups -OCH3 is 3. The number of carbonyl (C=O) groups is 1. The number of hydrogen-bond donors (Lipinski definition) is 0. The molecular weight excluding hydrogens is 220 g/mol. The molecule has 0 heterocycles. The third-order valence-electron chi connectivity index (χ3n) is 2.59. The lowest BCUT2D eigenvalue weighted by Crippen LogP contribution is -2.15. The van der Waals surface area contributed by atoms with Crippen LogP contribution in [-0.4, -0.2) is 27.3 Å². The van der Waals surface area contributed by atoms with Gasteiger partial charge < -0.3 is 14.2 Å². The van der Waals surface area contributed by atoms with E-state index in [-0.39, 0.29) is 11.9 Å². The van der Waals surface area contributed by atoms with Crippen molar-refractivity contribution in [3.05, 3.63) is 23.8 Å². The molecule has 4 heteroatoms. The first-order chi connectivity index (χ1) is 8.12. The number of esters is 1. The van der Waals surface area contributed by atoms with Crippen LogP contribution in [0.1, 0.15) is 12.5 Å². The fourth-order valence-electron chi connectivity index (χ4n) is 1.65. The van der Waals surface area contributed by atoms with Gasteiger partial charge in [0, 0.05) is 0 Å². The van der Waals surface area contributed by atoms with E-state index in [2.05, 4.69) is 0 Å². The fraction of sp³-hybridized carbons (Fsp3) is 0.462. The summed E-state index contributed by atoms with van der Waals surface area (Å²) in [5, 5.41) is 0. The predicted molar refractivity (Wildman–Crippen MR) is 64.4 cm³/mol. The van der Waals surface area contributed by atoms with Gasteiger partial charge in [0.05, 0.1) is 27.2 Å². The zero-order valence-corrected chi connectivity index (χ0v) is 10.6. The molecule has 0 aliphatic carbocycles. The van der Waals surface area contributed by atoms with Crippen LogP contribution in [0.3, 0.4) is 0 Å². The van der Waals surface area contributed by atoms with Crippen molar-refractivity contribution in [3.8, 4) is 11.5 Å². The number of carbonyl (C=O) groups excluding carboxylic acids is 1. The van der Waals surface area contributed by atoms with Crippen molar-refractivity contribution in [2.45, 2.75) is 13.3 Å². The standard InChI is InChI=1S/C13H18O4/c1-9(13(14)17-4)7-10-5-6-11(15-2)12(8-10)16-3/h5-6,8-9H,7H2,1-4H3. The molecule has 0 aliphatic rings. The Kier molecular flexibility index (Phi) is 4.82. The van der Waals surface area contributed by atoms with Crippen molar-refractivity contribution in [1.29, 1.82) is 0 Å². The van der Waals surface area contributed by atoms with Crippen molar-refractivity contribution < 1.29 is 19.0 Å². The summed E-state index contributed by atoms with van der Waals surface area (Å²) in [4.78, 5) is 11.3. The number of benzene rings is 1. The lowest BCUT2D eigenvalue weighted by molar-refractivity contribution is -0.144. The molecule has 17 heavy (non-hydrogen) atoms. The summed E-state index contributed by atoms with van der Waals surface area (Å²) in [5.74, 6) is 0.974. The van der Waals surface area contributed by atoms with Gasteiger partial charge in [0.15, 0.2) is 11.5 Å². The molecule has 1 atom stereocenters. The lowest BCUT2D eigenvalue weighted by Gasteiger charge is -2.12. The zero-order valence-electron chi connectivity index (χ0n) is 10.6. The summed E-state index contributed by atoms with van der Waals surface area (Å²) < 4.78 is 15.0. The molecule has 1 unspecified atom stereocenters. The normalized spacial score (nSPS) is 11.8. The molecule has 1 aromatic carbocycles. The first-order valence-corrected chi connectivity index (χ1v) is 5.41. The van der Waals surface area contributed by atoms with Crippen LogP contribution in [0.4, 0.5) is 0 Å². The molecule has 0 N–H and O–H groups in total. The fourth-order valence-corrected chi connectivity index (χ4v) is 1.65. The summed E-state index contributed by atoms with van der Waals surface area (Å²) in [6.07, 6.45) is 0.618. The minimum absolute atomic E-state index is 0.168. The SMILES string of the molecule is COC(=O)C(C)Cc1ccc(OC)c(OC)c1. The van der Waals surface area contributed by atoms with Crippen molar-refractivity contribution in [2.24, 2.45) is 5.92 Å². The summed E-state index contributed by atoms with van der Waals surface area (Å²) in [6.45, 7) is 1.84. The minimum atomic E-state index is -0.209. The highest BCUT2D eigenvalue weighted by molar-refractivity contribution is 5.72. The molecule has 1 aromatic rings. The minimum Gasteiger partial charge on any atom is -0.493 e. The average Bonchev–Trinajstić information content (AvgIpc) is 2.37. The van der Waals surface area contributed by atoms with Gasteiger partial charge in [-0.15, -0.1) is 0 Å². The second-order valence-corrected chi connectivity index (χ2v) is 3.82. The molecular formula is C13H18O4. The van der Waals surface area contributed by atoms with E-state index in [9.17, 15) is 4.79 Å². The first-order valence-electron chi connectivity index (χ1n) is 5.41. The third kappa shape index (κ3) is 3.37. The summed E-state index contributed by atoms with van der Waals surface area (Å²) >= 11 is 0. The van der Waals surface area contributed by atoms with Crippen LogP contribution in [-0.2, 0) is 16.0 Å². The van der Waals surface area contributed by atoms with Gasteiger partial charge >= 0.3 is 5.97 Å². The van der Waals surface area contributed by atoms with E-state index >= 15 is 0 Å². The molecule has 0 bridgehead atoms. The van der Waals surface area contributed by atoms with Gasteiger partial charge in [-0.2, -0.15) is 0 Å². The molecule has 0 amide bonds. The second-order valence-electron chi connectivity index (χ2n) is 3.82. The Labute approximate surface area is 101 Å². The first kappa shape index (κ1) is 13.4. The van der Waals surface area contributed by atoms with E-state index in [1.807, 2.05) is 25.1 Å². The zero-order chi connectivity index (χ0) is 12.8. The summed E-state index contributed by atoms with van der Waals surface area (Å²) in [5.41, 5.74) is 1.01. The molecule has 1 rings (SSSR count). The van der Waals surface area contributed by atoms with Gasteiger partial charge in [-0.3, -0.25) is 4.79 Å². The van der Waals surface area contributed by atoms with Gasteiger partial charge in [0.2, 0.25) is 0 Å². The monoisotopic (exact) mass is 238 g/mol. The van der Waals surface area contributed by atoms with Crippen LogP contribution in [0.25, 0.3) is 0 Å². The highest BCUT2D eigenvalue weighted by atomic mass is 16.5. The Bertz CT molecular complexity index is 387. The maximum atomic E-state index is 11.3. The second kappa shape index (κ2) is 6.13. The average molecular weight is 238 g/mol. The molecule has 0 saturated carbocycles. The topological polar surface area (TPSA) is 44.8 Å². The number of hydrogen-bond acceptors (Lipinski definition) is 4. The van der Waals surface area contributed by atoms with Crippen molar-refractivity contribution in [3.63, 3.8) is 0 Å². The van der Waals surface area contributed by atoms with Crippen LogP contribution >= 0.6 is 0 Å². The summed E-state index contributed by atoms with van der Waals surface area (Å²) in [7, 11) is 4.58. The van der Waals surface area contributed by atoms with Crippen LogP contribution in [0.2, 0.25) is 0 Å². The van der Waals surface area contributed by atoms with E-state index in [0.29, 0.717) is 17.9 Å². The van der Waals surface area contributed by atoms with Crippen LogP contribution < -0.4 is 9.47 Å². The third-order valence-corrected chi connectivity index (χ3v) is 2.59. The maximum absolute atomic E-state index is 11.3. The molecule has 0 fully saturated rings. The Hall–Kier alpha value is -1.71. The van der Waals surface area contributed by atoms with E-state index in [0.717, 1.165) is 5.56 Å². The largest absolute Gasteiger partial charge is 0.493 e. The highest BCUT2D eigenvalue weighted by Gasteiger charge is 2.14. The van der Waals surface area contributed by atoms with Gasteiger partial charge in [0.1, 0.15) is 0 Å². The molecule has 0 spiro atoms. The number of rotatable bonds is 5. The lowest BCUT2D eigenvalue weighted by atomic mass is 10.0. The van der Waals surface area contributed by atoms with Gasteiger partial charge in [-0.25, -0.2) is 0 Å². The van der Waals surface area contributed by atoms with E-state index in [1.165, 1.54) is 7.11 Å². The molecule has 4 nitrogen and oxygen atoms in total. The molecule has 0 saturated heterocycles. The van der Waals surface area contributed by atoms with Crippen LogP contribution in [0, 0.1) is 5.92 Å². The van der Waals surface area contributed by atoms with Gasteiger partial charge in [-0.05, 0) is 24.1 Å². The Morgan fingerprint density at radius 3 is 2.35 bits per heavy atom. The van der Waals surface area contributed by atoms with E-state index in [4.69, 9.17) is 14.2 Å². The molecule has 0 aliphatic heterocycles. The van der Waals surface area contributed by atoms with Crippen LogP contribution in [0.5, 0.6) is 11.5 Å². The molecule has 0 aromatic heterocycles. The van der Waals surface area contributed by atoms with Crippen molar-refractivity contribution >= 4 is 5.97 Å². The number of ether oxygens (including phenoxy) is 3. The van der Waals surface area contributed by atoms with E-state index in [1.54, 1.807) is 14.2 Å². The Morgan fingerprint density at radius 1 is 1.18 bits per heavy atom. The maximum Gasteiger partial charge on any atom is 0.308 e. The highest BCUT2D eigenvalue weighted by Crippen LogP contribution is 2.28. The summed E-state index contributed by atoms with van der Waals surface area (Å²) in [6, 6.07) is 5.62. The van der Waals surface area contributed by atoms with Crippen molar-refractivity contribution in [2.75, 3.05) is 21.3 Å². The van der Waals surface area contributed by atoms with Gasteiger partial charge in [-0.1, -0.05) is 13.0 Å². The van der Waals surface area contributed by atoms with Crippen molar-refractivity contribution in [1.82, 2.24) is 0 Å². The quantitative estimate of drug-likeness (QED) is 0.736. The van der Waals surface area contributed by atoms with Gasteiger partial charge in [0.25, 0.3) is 0 Å². The van der Waals surface area contributed by atoms with Crippen LogP contribution in [0.15, 0.2) is 18.2 Å². The molecule has 0 radical (unpaired) electrons. The van der Waals surface area contributed by atoms with E-state index < -0.39 is 0 Å². The molecule has 94 valence electrons. The Morgan fingerprint density at radius 2 is 1.82 bits per heavy atom. The smallest absolute Gasteiger partial charge is 0.308 e.